The van der Waals surface area contributed by atoms with Crippen LogP contribution in [0.15, 0.2) is 18.2 Å². The van der Waals surface area contributed by atoms with Crippen LogP contribution in [0.4, 0.5) is 5.69 Å². The lowest BCUT2D eigenvalue weighted by Crippen LogP contribution is -2.29. The maximum Gasteiger partial charge on any atom is 0.255 e. The van der Waals surface area contributed by atoms with Crippen molar-refractivity contribution in [2.24, 2.45) is 5.92 Å². The fourth-order valence-corrected chi connectivity index (χ4v) is 2.23. The van der Waals surface area contributed by atoms with Crippen LogP contribution in [0.25, 0.3) is 0 Å². The van der Waals surface area contributed by atoms with Crippen LogP contribution in [0.2, 0.25) is 0 Å². The van der Waals surface area contributed by atoms with Gasteiger partial charge in [-0.1, -0.05) is 18.6 Å². The van der Waals surface area contributed by atoms with Crippen LogP contribution in [0, 0.1) is 12.8 Å². The first-order valence-corrected chi connectivity index (χ1v) is 7.21. The molecule has 3 nitrogen and oxygen atoms in total. The fourth-order valence-electron chi connectivity index (χ4n) is 2.23. The highest BCUT2D eigenvalue weighted by atomic mass is 16.2. The zero-order chi connectivity index (χ0) is 13.8. The lowest BCUT2D eigenvalue weighted by atomic mass is 10.1. The van der Waals surface area contributed by atoms with Gasteiger partial charge in [0.05, 0.1) is 5.56 Å². The summed E-state index contributed by atoms with van der Waals surface area (Å²) in [5, 5.41) is 3.35. The van der Waals surface area contributed by atoms with Gasteiger partial charge in [0.15, 0.2) is 0 Å². The molecule has 1 aliphatic carbocycles. The summed E-state index contributed by atoms with van der Waals surface area (Å²) in [5.74, 6) is 0.861. The molecule has 0 spiro atoms. The van der Waals surface area contributed by atoms with E-state index in [0.29, 0.717) is 0 Å². The Morgan fingerprint density at radius 2 is 2.16 bits per heavy atom. The molecule has 1 fully saturated rings. The first kappa shape index (κ1) is 13.9. The van der Waals surface area contributed by atoms with E-state index in [2.05, 4.69) is 18.3 Å². The second-order valence-electron chi connectivity index (χ2n) is 5.60. The quantitative estimate of drug-likeness (QED) is 0.851. The number of nitrogens with zero attached hydrogens (tertiary/aromatic N) is 1. The van der Waals surface area contributed by atoms with Gasteiger partial charge < -0.3 is 10.2 Å². The van der Waals surface area contributed by atoms with Crippen molar-refractivity contribution in [3.8, 4) is 0 Å². The highest BCUT2D eigenvalue weighted by Gasteiger charge is 2.26. The van der Waals surface area contributed by atoms with Crippen molar-refractivity contribution in [3.05, 3.63) is 29.3 Å². The van der Waals surface area contributed by atoms with Crippen LogP contribution in [-0.4, -0.2) is 30.9 Å². The normalized spacial score (nSPS) is 14.3. The van der Waals surface area contributed by atoms with Gasteiger partial charge in [-0.2, -0.15) is 0 Å². The topological polar surface area (TPSA) is 32.3 Å². The van der Waals surface area contributed by atoms with Gasteiger partial charge in [0.2, 0.25) is 0 Å². The molecule has 0 aromatic heterocycles. The molecule has 1 amide bonds. The molecule has 1 aromatic rings. The monoisotopic (exact) mass is 260 g/mol. The molecule has 0 atom stereocenters. The Morgan fingerprint density at radius 3 is 2.79 bits per heavy atom. The Kier molecular flexibility index (Phi) is 4.46. The molecule has 1 aromatic carbocycles. The summed E-state index contributed by atoms with van der Waals surface area (Å²) in [6, 6.07) is 6.06. The van der Waals surface area contributed by atoms with Crippen LogP contribution in [-0.2, 0) is 0 Å². The van der Waals surface area contributed by atoms with Gasteiger partial charge in [0.1, 0.15) is 0 Å². The van der Waals surface area contributed by atoms with E-state index in [-0.39, 0.29) is 5.91 Å². The minimum Gasteiger partial charge on any atom is -0.384 e. The number of benzene rings is 1. The SMILES string of the molecule is CCCNc1ccc(C)cc1C(=O)N(C)CC1CC1. The molecule has 0 radical (unpaired) electrons. The molecule has 19 heavy (non-hydrogen) atoms. The van der Waals surface area contributed by atoms with Crippen molar-refractivity contribution in [1.29, 1.82) is 0 Å². The molecular formula is C16H24N2O. The molecule has 1 N–H and O–H groups in total. The van der Waals surface area contributed by atoms with E-state index in [1.54, 1.807) is 0 Å². The Hall–Kier alpha value is -1.51. The highest BCUT2D eigenvalue weighted by Crippen LogP contribution is 2.30. The van der Waals surface area contributed by atoms with Crippen molar-refractivity contribution in [2.45, 2.75) is 33.1 Å². The summed E-state index contributed by atoms with van der Waals surface area (Å²) in [5.41, 5.74) is 2.89. The van der Waals surface area contributed by atoms with E-state index in [1.807, 2.05) is 31.0 Å². The number of aryl methyl sites for hydroxylation is 1. The third-order valence-electron chi connectivity index (χ3n) is 3.55. The summed E-state index contributed by atoms with van der Waals surface area (Å²) in [7, 11) is 1.91. The number of hydrogen-bond acceptors (Lipinski definition) is 2. The van der Waals surface area contributed by atoms with E-state index in [0.717, 1.165) is 42.2 Å². The summed E-state index contributed by atoms with van der Waals surface area (Å²) in [6.45, 7) is 5.94. The van der Waals surface area contributed by atoms with Gasteiger partial charge in [-0.15, -0.1) is 0 Å². The summed E-state index contributed by atoms with van der Waals surface area (Å²) >= 11 is 0. The second-order valence-corrected chi connectivity index (χ2v) is 5.60. The van der Waals surface area contributed by atoms with E-state index in [4.69, 9.17) is 0 Å². The second kappa shape index (κ2) is 6.09. The molecule has 1 aliphatic rings. The lowest BCUT2D eigenvalue weighted by molar-refractivity contribution is 0.0789. The molecule has 0 heterocycles. The maximum absolute atomic E-state index is 12.5. The fraction of sp³-hybridized carbons (Fsp3) is 0.562. The van der Waals surface area contributed by atoms with Crippen molar-refractivity contribution in [3.63, 3.8) is 0 Å². The summed E-state index contributed by atoms with van der Waals surface area (Å²) < 4.78 is 0. The Bertz CT molecular complexity index is 452. The molecular weight excluding hydrogens is 236 g/mol. The van der Waals surface area contributed by atoms with Gasteiger partial charge in [-0.3, -0.25) is 4.79 Å². The minimum atomic E-state index is 0.134. The molecule has 0 bridgehead atoms. The van der Waals surface area contributed by atoms with Crippen LogP contribution < -0.4 is 5.32 Å². The molecule has 0 aliphatic heterocycles. The largest absolute Gasteiger partial charge is 0.384 e. The van der Waals surface area contributed by atoms with E-state index >= 15 is 0 Å². The third kappa shape index (κ3) is 3.72. The number of rotatable bonds is 6. The van der Waals surface area contributed by atoms with Gasteiger partial charge in [0.25, 0.3) is 5.91 Å². The Labute approximate surface area is 116 Å². The number of amides is 1. The lowest BCUT2D eigenvalue weighted by Gasteiger charge is -2.19. The van der Waals surface area contributed by atoms with Crippen molar-refractivity contribution in [2.75, 3.05) is 25.5 Å². The summed E-state index contributed by atoms with van der Waals surface area (Å²) in [6.07, 6.45) is 3.60. The highest BCUT2D eigenvalue weighted by molar-refractivity contribution is 5.99. The van der Waals surface area contributed by atoms with Crippen LogP contribution in [0.5, 0.6) is 0 Å². The predicted molar refractivity (Wildman–Crippen MR) is 79.6 cm³/mol. The smallest absolute Gasteiger partial charge is 0.255 e. The third-order valence-corrected chi connectivity index (χ3v) is 3.55. The van der Waals surface area contributed by atoms with Gasteiger partial charge in [-0.25, -0.2) is 0 Å². The molecule has 0 saturated heterocycles. The molecule has 2 rings (SSSR count). The molecule has 3 heteroatoms. The number of anilines is 1. The zero-order valence-corrected chi connectivity index (χ0v) is 12.2. The average molecular weight is 260 g/mol. The zero-order valence-electron chi connectivity index (χ0n) is 12.2. The molecule has 104 valence electrons. The summed E-state index contributed by atoms with van der Waals surface area (Å²) in [4.78, 5) is 14.4. The molecule has 0 unspecified atom stereocenters. The van der Waals surface area contributed by atoms with Crippen LogP contribution >= 0.6 is 0 Å². The number of carbonyl (C=O) groups is 1. The number of nitrogens with one attached hydrogen (secondary N) is 1. The van der Waals surface area contributed by atoms with Crippen molar-refractivity contribution in [1.82, 2.24) is 4.90 Å². The van der Waals surface area contributed by atoms with Gasteiger partial charge >= 0.3 is 0 Å². The van der Waals surface area contributed by atoms with E-state index in [1.165, 1.54) is 12.8 Å². The number of hydrogen-bond donors (Lipinski definition) is 1. The van der Waals surface area contributed by atoms with Gasteiger partial charge in [0, 0.05) is 25.8 Å². The predicted octanol–water partition coefficient (Wildman–Crippen LogP) is 3.30. The number of carbonyl (C=O) groups excluding carboxylic acids is 1. The average Bonchev–Trinajstić information content (AvgIpc) is 3.20. The Morgan fingerprint density at radius 1 is 1.42 bits per heavy atom. The maximum atomic E-state index is 12.5. The van der Waals surface area contributed by atoms with E-state index < -0.39 is 0 Å². The first-order valence-electron chi connectivity index (χ1n) is 7.21. The Balaban J connectivity index is 2.14. The minimum absolute atomic E-state index is 0.134. The van der Waals surface area contributed by atoms with Crippen molar-refractivity contribution >= 4 is 11.6 Å². The standard InChI is InChI=1S/C16H24N2O/c1-4-9-17-15-8-5-12(2)10-14(15)16(19)18(3)11-13-6-7-13/h5,8,10,13,17H,4,6-7,9,11H2,1-3H3. The van der Waals surface area contributed by atoms with Crippen LogP contribution in [0.1, 0.15) is 42.1 Å². The van der Waals surface area contributed by atoms with Crippen LogP contribution in [0.3, 0.4) is 0 Å². The van der Waals surface area contributed by atoms with E-state index in [9.17, 15) is 4.79 Å². The first-order chi connectivity index (χ1) is 9.11. The van der Waals surface area contributed by atoms with Crippen molar-refractivity contribution < 1.29 is 4.79 Å². The van der Waals surface area contributed by atoms with Gasteiger partial charge in [-0.05, 0) is 44.2 Å². The molecule has 1 saturated carbocycles.